The highest BCUT2D eigenvalue weighted by molar-refractivity contribution is 5.84. The maximum atomic E-state index is 12.1. The summed E-state index contributed by atoms with van der Waals surface area (Å²) in [5, 5.41) is 15.1. The van der Waals surface area contributed by atoms with Crippen LogP contribution in [0.1, 0.15) is 44.1 Å². The Bertz CT molecular complexity index is 516. The van der Waals surface area contributed by atoms with E-state index in [2.05, 4.69) is 10.6 Å². The number of carboxylic acid groups (broad SMARTS) is 1. The van der Waals surface area contributed by atoms with Crippen LogP contribution >= 0.6 is 0 Å². The van der Waals surface area contributed by atoms with Gasteiger partial charge in [0.25, 0.3) is 0 Å². The van der Waals surface area contributed by atoms with E-state index in [1.54, 1.807) is 0 Å². The molecule has 1 amide bonds. The van der Waals surface area contributed by atoms with Gasteiger partial charge in [-0.05, 0) is 18.1 Å². The van der Waals surface area contributed by atoms with Crippen LogP contribution in [0.25, 0.3) is 0 Å². The van der Waals surface area contributed by atoms with Crippen LogP contribution in [0, 0.1) is 0 Å². The minimum absolute atomic E-state index is 0.113. The quantitative estimate of drug-likeness (QED) is 0.720. The van der Waals surface area contributed by atoms with E-state index in [0.29, 0.717) is 12.8 Å². The van der Waals surface area contributed by atoms with Crippen LogP contribution in [0.2, 0.25) is 0 Å². The molecule has 1 heterocycles. The van der Waals surface area contributed by atoms with E-state index in [9.17, 15) is 9.59 Å². The Hall–Kier alpha value is -2.04. The fourth-order valence-electron chi connectivity index (χ4n) is 2.68. The molecule has 0 bridgehead atoms. The van der Waals surface area contributed by atoms with Gasteiger partial charge in [-0.3, -0.25) is 4.79 Å². The molecule has 0 aromatic heterocycles. The molecule has 2 unspecified atom stereocenters. The number of unbranched alkanes of at least 4 members (excludes halogenated alkanes) is 1. The molecular formula is C16H22N2O3. The Morgan fingerprint density at radius 3 is 2.90 bits per heavy atom. The van der Waals surface area contributed by atoms with Gasteiger partial charge in [0.1, 0.15) is 6.04 Å². The first-order valence-electron chi connectivity index (χ1n) is 7.46. The van der Waals surface area contributed by atoms with Crippen LogP contribution in [-0.4, -0.2) is 29.6 Å². The second-order valence-electron chi connectivity index (χ2n) is 5.47. The topological polar surface area (TPSA) is 78.4 Å². The van der Waals surface area contributed by atoms with Crippen LogP contribution in [-0.2, 0) is 9.59 Å². The van der Waals surface area contributed by atoms with Crippen LogP contribution < -0.4 is 10.6 Å². The molecule has 0 radical (unpaired) electrons. The zero-order valence-electron chi connectivity index (χ0n) is 12.3. The standard InChI is InChI=1S/C16H22N2O3/c1-2-3-7-14(16(20)21)18-15(19)9-11-10-17-13-8-5-4-6-12(11)13/h4-6,8,11,14,17H,2-3,7,9-10H2,1H3,(H,18,19)(H,20,21). The number of nitrogens with one attached hydrogen (secondary N) is 2. The maximum absolute atomic E-state index is 12.1. The van der Waals surface area contributed by atoms with Crippen molar-refractivity contribution in [2.75, 3.05) is 11.9 Å². The zero-order chi connectivity index (χ0) is 15.2. The minimum atomic E-state index is -0.957. The van der Waals surface area contributed by atoms with Gasteiger partial charge in [0.15, 0.2) is 0 Å². The molecule has 3 N–H and O–H groups in total. The van der Waals surface area contributed by atoms with Crippen molar-refractivity contribution in [2.24, 2.45) is 0 Å². The van der Waals surface area contributed by atoms with E-state index in [0.717, 1.165) is 30.6 Å². The Morgan fingerprint density at radius 1 is 1.43 bits per heavy atom. The summed E-state index contributed by atoms with van der Waals surface area (Å²) in [6.45, 7) is 2.72. The number of rotatable bonds is 7. The van der Waals surface area contributed by atoms with Gasteiger partial charge in [0.05, 0.1) is 0 Å². The summed E-state index contributed by atoms with van der Waals surface area (Å²) in [5.41, 5.74) is 2.20. The molecule has 2 atom stereocenters. The van der Waals surface area contributed by atoms with E-state index in [4.69, 9.17) is 5.11 Å². The van der Waals surface area contributed by atoms with Gasteiger partial charge >= 0.3 is 5.97 Å². The Morgan fingerprint density at radius 2 is 2.19 bits per heavy atom. The number of fused-ring (bicyclic) bond motifs is 1. The van der Waals surface area contributed by atoms with Crippen molar-refractivity contribution in [1.29, 1.82) is 0 Å². The molecule has 1 aliphatic heterocycles. The summed E-state index contributed by atoms with van der Waals surface area (Å²) >= 11 is 0. The van der Waals surface area contributed by atoms with Crippen molar-refractivity contribution >= 4 is 17.6 Å². The van der Waals surface area contributed by atoms with Gasteiger partial charge in [-0.1, -0.05) is 38.0 Å². The summed E-state index contributed by atoms with van der Waals surface area (Å²) < 4.78 is 0. The van der Waals surface area contributed by atoms with Gasteiger partial charge < -0.3 is 15.7 Å². The Kier molecular flexibility index (Phi) is 5.20. The number of carbonyl (C=O) groups is 2. The lowest BCUT2D eigenvalue weighted by Crippen LogP contribution is -2.41. The predicted molar refractivity (Wildman–Crippen MR) is 81.4 cm³/mol. The van der Waals surface area contributed by atoms with E-state index in [-0.39, 0.29) is 11.8 Å². The summed E-state index contributed by atoms with van der Waals surface area (Å²) in [6, 6.07) is 7.15. The number of hydrogen-bond donors (Lipinski definition) is 3. The number of amides is 1. The van der Waals surface area contributed by atoms with Crippen molar-refractivity contribution in [3.63, 3.8) is 0 Å². The number of carbonyl (C=O) groups excluding carboxylic acids is 1. The van der Waals surface area contributed by atoms with Crippen LogP contribution in [0.15, 0.2) is 24.3 Å². The van der Waals surface area contributed by atoms with Gasteiger partial charge in [-0.2, -0.15) is 0 Å². The van der Waals surface area contributed by atoms with E-state index >= 15 is 0 Å². The van der Waals surface area contributed by atoms with Gasteiger partial charge in [0, 0.05) is 24.6 Å². The van der Waals surface area contributed by atoms with Crippen LogP contribution in [0.5, 0.6) is 0 Å². The third-order valence-electron chi connectivity index (χ3n) is 3.85. The van der Waals surface area contributed by atoms with E-state index < -0.39 is 12.0 Å². The van der Waals surface area contributed by atoms with Gasteiger partial charge in [0.2, 0.25) is 5.91 Å². The molecule has 114 valence electrons. The predicted octanol–water partition coefficient (Wildman–Crippen LogP) is 2.35. The molecule has 1 aromatic carbocycles. The lowest BCUT2D eigenvalue weighted by Gasteiger charge is -2.16. The SMILES string of the molecule is CCCCC(NC(=O)CC1CNc2ccccc21)C(=O)O. The molecule has 2 rings (SSSR count). The van der Waals surface area contributed by atoms with E-state index in [1.807, 2.05) is 31.2 Å². The molecule has 0 spiro atoms. The fourth-order valence-corrected chi connectivity index (χ4v) is 2.68. The number of anilines is 1. The van der Waals surface area contributed by atoms with Crippen molar-refractivity contribution in [2.45, 2.75) is 44.6 Å². The summed E-state index contributed by atoms with van der Waals surface area (Å²) in [5.74, 6) is -1.04. The molecule has 0 fully saturated rings. The Balaban J connectivity index is 1.91. The highest BCUT2D eigenvalue weighted by atomic mass is 16.4. The maximum Gasteiger partial charge on any atom is 0.326 e. The average Bonchev–Trinajstić information content (AvgIpc) is 2.86. The fraction of sp³-hybridized carbons (Fsp3) is 0.500. The number of aliphatic carboxylic acids is 1. The number of benzene rings is 1. The first-order chi connectivity index (χ1) is 10.1. The van der Waals surface area contributed by atoms with Crippen molar-refractivity contribution in [3.05, 3.63) is 29.8 Å². The van der Waals surface area contributed by atoms with Crippen LogP contribution in [0.3, 0.4) is 0 Å². The molecule has 5 nitrogen and oxygen atoms in total. The van der Waals surface area contributed by atoms with Crippen LogP contribution in [0.4, 0.5) is 5.69 Å². The lowest BCUT2D eigenvalue weighted by molar-refractivity contribution is -0.142. The molecule has 0 saturated heterocycles. The Labute approximate surface area is 124 Å². The second-order valence-corrected chi connectivity index (χ2v) is 5.47. The molecule has 5 heteroatoms. The van der Waals surface area contributed by atoms with Crippen molar-refractivity contribution in [3.8, 4) is 0 Å². The molecule has 21 heavy (non-hydrogen) atoms. The molecule has 0 aliphatic carbocycles. The average molecular weight is 290 g/mol. The minimum Gasteiger partial charge on any atom is -0.480 e. The first kappa shape index (κ1) is 15.4. The third-order valence-corrected chi connectivity index (χ3v) is 3.85. The number of hydrogen-bond acceptors (Lipinski definition) is 3. The zero-order valence-corrected chi connectivity index (χ0v) is 12.3. The van der Waals surface area contributed by atoms with Gasteiger partial charge in [-0.15, -0.1) is 0 Å². The molecule has 1 aromatic rings. The monoisotopic (exact) mass is 290 g/mol. The summed E-state index contributed by atoms with van der Waals surface area (Å²) in [7, 11) is 0. The smallest absolute Gasteiger partial charge is 0.326 e. The summed E-state index contributed by atoms with van der Waals surface area (Å²) in [4.78, 5) is 23.2. The van der Waals surface area contributed by atoms with E-state index in [1.165, 1.54) is 0 Å². The summed E-state index contributed by atoms with van der Waals surface area (Å²) in [6.07, 6.45) is 2.52. The highest BCUT2D eigenvalue weighted by Gasteiger charge is 2.26. The number of carboxylic acids is 1. The number of para-hydroxylation sites is 1. The second kappa shape index (κ2) is 7.11. The van der Waals surface area contributed by atoms with Crippen molar-refractivity contribution in [1.82, 2.24) is 5.32 Å². The normalized spacial score (nSPS) is 17.7. The first-order valence-corrected chi connectivity index (χ1v) is 7.46. The highest BCUT2D eigenvalue weighted by Crippen LogP contribution is 2.33. The third kappa shape index (κ3) is 3.97. The molecule has 0 saturated carbocycles. The molecular weight excluding hydrogens is 268 g/mol. The van der Waals surface area contributed by atoms with Crippen molar-refractivity contribution < 1.29 is 14.7 Å². The molecule has 1 aliphatic rings. The lowest BCUT2D eigenvalue weighted by atomic mass is 9.97. The largest absolute Gasteiger partial charge is 0.480 e. The van der Waals surface area contributed by atoms with Gasteiger partial charge in [-0.25, -0.2) is 4.79 Å².